The maximum atomic E-state index is 11.8. The van der Waals surface area contributed by atoms with Crippen LogP contribution in [0.5, 0.6) is 5.75 Å². The predicted molar refractivity (Wildman–Crippen MR) is 69.4 cm³/mol. The van der Waals surface area contributed by atoms with E-state index in [4.69, 9.17) is 4.74 Å². The number of carbonyl (C=O) groups excluding carboxylic acids is 1. The van der Waals surface area contributed by atoms with Gasteiger partial charge in [0.1, 0.15) is 5.75 Å². The summed E-state index contributed by atoms with van der Waals surface area (Å²) in [7, 11) is 1.62. The van der Waals surface area contributed by atoms with Crippen LogP contribution in [0.1, 0.15) is 13.8 Å². The van der Waals surface area contributed by atoms with Crippen molar-refractivity contribution in [1.29, 1.82) is 0 Å². The van der Waals surface area contributed by atoms with Crippen LogP contribution in [-0.2, 0) is 4.79 Å². The summed E-state index contributed by atoms with van der Waals surface area (Å²) in [6.45, 7) is 3.97. The van der Waals surface area contributed by atoms with Gasteiger partial charge in [-0.3, -0.25) is 4.79 Å². The molecular formula is C12H16BrNO2. The lowest BCUT2D eigenvalue weighted by molar-refractivity contribution is -0.116. The molecule has 4 heteroatoms. The Labute approximate surface area is 105 Å². The van der Waals surface area contributed by atoms with Gasteiger partial charge in [0.05, 0.1) is 12.4 Å². The Morgan fingerprint density at radius 2 is 2.19 bits per heavy atom. The first-order chi connectivity index (χ1) is 7.60. The molecule has 16 heavy (non-hydrogen) atoms. The third-order valence-electron chi connectivity index (χ3n) is 2.23. The average molecular weight is 286 g/mol. The maximum absolute atomic E-state index is 11.8. The summed E-state index contributed by atoms with van der Waals surface area (Å²) in [5.41, 5.74) is 0.860. The van der Waals surface area contributed by atoms with Crippen LogP contribution in [-0.4, -0.2) is 24.4 Å². The summed E-state index contributed by atoms with van der Waals surface area (Å²) >= 11 is 3.19. The molecule has 3 nitrogen and oxygen atoms in total. The summed E-state index contributed by atoms with van der Waals surface area (Å²) in [6.07, 6.45) is 0. The van der Waals surface area contributed by atoms with Crippen molar-refractivity contribution in [2.24, 2.45) is 0 Å². The van der Waals surface area contributed by atoms with E-state index in [1.54, 1.807) is 12.0 Å². The van der Waals surface area contributed by atoms with Crippen LogP contribution in [0.25, 0.3) is 0 Å². The van der Waals surface area contributed by atoms with Crippen LogP contribution in [0.2, 0.25) is 0 Å². The van der Waals surface area contributed by atoms with Gasteiger partial charge < -0.3 is 9.64 Å². The minimum absolute atomic E-state index is 0.0447. The molecule has 0 bridgehead atoms. The molecule has 0 unspecified atom stereocenters. The largest absolute Gasteiger partial charge is 0.497 e. The molecule has 0 N–H and O–H groups in total. The van der Waals surface area contributed by atoms with Crippen molar-refractivity contribution in [3.63, 3.8) is 0 Å². The lowest BCUT2D eigenvalue weighted by Crippen LogP contribution is -2.37. The van der Waals surface area contributed by atoms with Crippen LogP contribution >= 0.6 is 15.9 Å². The molecule has 0 fully saturated rings. The van der Waals surface area contributed by atoms with E-state index in [9.17, 15) is 4.79 Å². The number of amides is 1. The Hall–Kier alpha value is -1.03. The van der Waals surface area contributed by atoms with Crippen LogP contribution in [0.15, 0.2) is 24.3 Å². The van der Waals surface area contributed by atoms with E-state index < -0.39 is 0 Å². The molecule has 0 saturated heterocycles. The fourth-order valence-electron chi connectivity index (χ4n) is 1.55. The molecule has 0 spiro atoms. The highest BCUT2D eigenvalue weighted by atomic mass is 79.9. The number of hydrogen-bond donors (Lipinski definition) is 0. The third kappa shape index (κ3) is 2.98. The number of halogens is 1. The van der Waals surface area contributed by atoms with Crippen molar-refractivity contribution in [2.75, 3.05) is 17.3 Å². The molecule has 1 amide bonds. The van der Waals surface area contributed by atoms with Crippen molar-refractivity contribution in [3.05, 3.63) is 24.3 Å². The summed E-state index contributed by atoms with van der Waals surface area (Å²) in [4.78, 5) is 13.5. The van der Waals surface area contributed by atoms with Gasteiger partial charge in [0, 0.05) is 17.8 Å². The van der Waals surface area contributed by atoms with E-state index in [-0.39, 0.29) is 11.9 Å². The number of anilines is 1. The summed E-state index contributed by atoms with van der Waals surface area (Å²) in [5, 5.41) is 0.322. The van der Waals surface area contributed by atoms with Crippen molar-refractivity contribution in [1.82, 2.24) is 0 Å². The molecule has 0 aliphatic heterocycles. The van der Waals surface area contributed by atoms with Gasteiger partial charge in [0.25, 0.3) is 0 Å². The highest BCUT2D eigenvalue weighted by molar-refractivity contribution is 9.09. The van der Waals surface area contributed by atoms with Crippen LogP contribution in [0.3, 0.4) is 0 Å². The first-order valence-electron chi connectivity index (χ1n) is 5.12. The number of methoxy groups -OCH3 is 1. The zero-order valence-electron chi connectivity index (χ0n) is 9.74. The zero-order valence-corrected chi connectivity index (χ0v) is 11.3. The second-order valence-corrected chi connectivity index (χ2v) is 4.25. The van der Waals surface area contributed by atoms with E-state index in [0.717, 1.165) is 11.4 Å². The van der Waals surface area contributed by atoms with E-state index in [1.807, 2.05) is 38.1 Å². The van der Waals surface area contributed by atoms with Crippen molar-refractivity contribution in [2.45, 2.75) is 19.9 Å². The Balaban J connectivity index is 3.05. The molecule has 0 saturated carbocycles. The van der Waals surface area contributed by atoms with E-state index in [1.165, 1.54) is 0 Å². The molecule has 1 aromatic carbocycles. The minimum atomic E-state index is 0.0447. The normalized spacial score (nSPS) is 10.3. The monoisotopic (exact) mass is 285 g/mol. The maximum Gasteiger partial charge on any atom is 0.237 e. The predicted octanol–water partition coefficient (Wildman–Crippen LogP) is 2.83. The Morgan fingerprint density at radius 3 is 2.69 bits per heavy atom. The molecule has 0 atom stereocenters. The second kappa shape index (κ2) is 5.89. The zero-order chi connectivity index (χ0) is 12.1. The average Bonchev–Trinajstić information content (AvgIpc) is 2.29. The topological polar surface area (TPSA) is 29.5 Å². The fourth-order valence-corrected chi connectivity index (χ4v) is 1.82. The molecule has 1 aromatic rings. The van der Waals surface area contributed by atoms with Crippen molar-refractivity contribution >= 4 is 27.5 Å². The fraction of sp³-hybridized carbons (Fsp3) is 0.417. The van der Waals surface area contributed by atoms with Crippen molar-refractivity contribution < 1.29 is 9.53 Å². The molecule has 88 valence electrons. The molecular weight excluding hydrogens is 270 g/mol. The number of nitrogens with zero attached hydrogens (tertiary/aromatic N) is 1. The number of carbonyl (C=O) groups is 1. The summed E-state index contributed by atoms with van der Waals surface area (Å²) in [5.74, 6) is 0.800. The molecule has 0 aromatic heterocycles. The van der Waals surface area contributed by atoms with Gasteiger partial charge in [0.15, 0.2) is 0 Å². The molecule has 0 radical (unpaired) electrons. The second-order valence-electron chi connectivity index (χ2n) is 3.69. The lowest BCUT2D eigenvalue weighted by Gasteiger charge is -2.26. The highest BCUT2D eigenvalue weighted by Crippen LogP contribution is 2.23. The molecule has 1 rings (SSSR count). The minimum Gasteiger partial charge on any atom is -0.497 e. The Morgan fingerprint density at radius 1 is 1.50 bits per heavy atom. The standard InChI is InChI=1S/C12H16BrNO2/c1-9(2)14(12(15)8-13)10-5-4-6-11(7-10)16-3/h4-7,9H,8H2,1-3H3. The lowest BCUT2D eigenvalue weighted by atomic mass is 10.2. The quantitative estimate of drug-likeness (QED) is 0.797. The van der Waals surface area contributed by atoms with Crippen LogP contribution < -0.4 is 9.64 Å². The summed E-state index contributed by atoms with van der Waals surface area (Å²) in [6, 6.07) is 7.63. The van der Waals surface area contributed by atoms with Gasteiger partial charge in [-0.2, -0.15) is 0 Å². The number of rotatable bonds is 4. The van der Waals surface area contributed by atoms with Gasteiger partial charge >= 0.3 is 0 Å². The van der Waals surface area contributed by atoms with E-state index in [2.05, 4.69) is 15.9 Å². The van der Waals surface area contributed by atoms with Gasteiger partial charge in [0.2, 0.25) is 5.91 Å². The first-order valence-corrected chi connectivity index (χ1v) is 6.24. The summed E-state index contributed by atoms with van der Waals surface area (Å²) < 4.78 is 5.15. The van der Waals surface area contributed by atoms with E-state index in [0.29, 0.717) is 5.33 Å². The molecule has 0 aliphatic carbocycles. The number of ether oxygens (including phenoxy) is 1. The first kappa shape index (κ1) is 13.0. The highest BCUT2D eigenvalue weighted by Gasteiger charge is 2.17. The number of alkyl halides is 1. The molecule has 0 aliphatic rings. The van der Waals surface area contributed by atoms with Gasteiger partial charge in [-0.15, -0.1) is 0 Å². The van der Waals surface area contributed by atoms with Crippen molar-refractivity contribution in [3.8, 4) is 5.75 Å². The van der Waals surface area contributed by atoms with Gasteiger partial charge in [-0.05, 0) is 26.0 Å². The smallest absolute Gasteiger partial charge is 0.237 e. The Bertz CT molecular complexity index is 366. The number of hydrogen-bond acceptors (Lipinski definition) is 2. The molecule has 0 heterocycles. The number of benzene rings is 1. The Kier molecular flexibility index (Phi) is 4.80. The van der Waals surface area contributed by atoms with E-state index >= 15 is 0 Å². The third-order valence-corrected chi connectivity index (χ3v) is 2.71. The van der Waals surface area contributed by atoms with Crippen LogP contribution in [0.4, 0.5) is 5.69 Å². The van der Waals surface area contributed by atoms with Gasteiger partial charge in [-0.1, -0.05) is 22.0 Å². The SMILES string of the molecule is COc1cccc(N(C(=O)CBr)C(C)C)c1. The van der Waals surface area contributed by atoms with Crippen LogP contribution in [0, 0.1) is 0 Å². The van der Waals surface area contributed by atoms with Gasteiger partial charge in [-0.25, -0.2) is 0 Å².